The Bertz CT molecular complexity index is 597. The molecule has 0 unspecified atom stereocenters. The highest BCUT2D eigenvalue weighted by Crippen LogP contribution is 2.29. The van der Waals surface area contributed by atoms with E-state index in [0.29, 0.717) is 22.0 Å². The fourth-order valence-corrected chi connectivity index (χ4v) is 1.96. The molecular weight excluding hydrogens is 279 g/mol. The van der Waals surface area contributed by atoms with E-state index in [-0.39, 0.29) is 12.4 Å². The average molecular weight is 295 g/mol. The Morgan fingerprint density at radius 3 is 2.65 bits per heavy atom. The van der Waals surface area contributed by atoms with Gasteiger partial charge in [0.05, 0.1) is 10.7 Å². The summed E-state index contributed by atoms with van der Waals surface area (Å²) in [4.78, 5) is 1.93. The van der Waals surface area contributed by atoms with Gasteiger partial charge in [-0.1, -0.05) is 17.7 Å². The smallest absolute Gasteiger partial charge is 0.144 e. The molecule has 2 rings (SSSR count). The number of nitrogen functional groups attached to an aromatic ring is 1. The van der Waals surface area contributed by atoms with E-state index in [1.807, 2.05) is 31.1 Å². The summed E-state index contributed by atoms with van der Waals surface area (Å²) in [6.07, 6.45) is 0. The van der Waals surface area contributed by atoms with Crippen LogP contribution < -0.4 is 15.4 Å². The second-order valence-corrected chi connectivity index (χ2v) is 5.01. The van der Waals surface area contributed by atoms with E-state index in [4.69, 9.17) is 22.1 Å². The van der Waals surface area contributed by atoms with Gasteiger partial charge in [-0.3, -0.25) is 0 Å². The van der Waals surface area contributed by atoms with Crippen molar-refractivity contribution < 1.29 is 9.13 Å². The molecule has 0 radical (unpaired) electrons. The summed E-state index contributed by atoms with van der Waals surface area (Å²) in [5, 5.41) is 0.340. The van der Waals surface area contributed by atoms with Crippen LogP contribution in [-0.4, -0.2) is 14.1 Å². The van der Waals surface area contributed by atoms with Crippen LogP contribution in [0.2, 0.25) is 5.02 Å². The lowest BCUT2D eigenvalue weighted by atomic mass is 10.2. The number of benzene rings is 2. The van der Waals surface area contributed by atoms with E-state index >= 15 is 0 Å². The number of rotatable bonds is 4. The molecule has 20 heavy (non-hydrogen) atoms. The lowest BCUT2D eigenvalue weighted by Crippen LogP contribution is -2.09. The van der Waals surface area contributed by atoms with Crippen LogP contribution in [0.3, 0.4) is 0 Å². The van der Waals surface area contributed by atoms with E-state index in [1.165, 1.54) is 6.07 Å². The monoisotopic (exact) mass is 294 g/mol. The molecule has 0 fully saturated rings. The molecule has 0 saturated carbocycles. The van der Waals surface area contributed by atoms with E-state index in [0.717, 1.165) is 5.69 Å². The fraction of sp³-hybridized carbons (Fsp3) is 0.200. The molecule has 0 amide bonds. The molecule has 106 valence electrons. The van der Waals surface area contributed by atoms with Gasteiger partial charge in [0.15, 0.2) is 0 Å². The predicted octanol–water partition coefficient (Wildman–Crippen LogP) is 3.71. The third-order valence-corrected chi connectivity index (χ3v) is 3.30. The van der Waals surface area contributed by atoms with Gasteiger partial charge in [-0.05, 0) is 24.3 Å². The molecule has 0 aliphatic heterocycles. The molecule has 3 nitrogen and oxygen atoms in total. The summed E-state index contributed by atoms with van der Waals surface area (Å²) in [6, 6.07) is 9.99. The van der Waals surface area contributed by atoms with Gasteiger partial charge >= 0.3 is 0 Å². The van der Waals surface area contributed by atoms with Gasteiger partial charge in [-0.15, -0.1) is 0 Å². The molecule has 0 heterocycles. The Balaban J connectivity index is 2.20. The Labute approximate surface area is 122 Å². The molecule has 0 atom stereocenters. The summed E-state index contributed by atoms with van der Waals surface area (Å²) in [5.74, 6) is 0.121. The predicted molar refractivity (Wildman–Crippen MR) is 80.9 cm³/mol. The topological polar surface area (TPSA) is 38.5 Å². The zero-order chi connectivity index (χ0) is 14.7. The van der Waals surface area contributed by atoms with Crippen LogP contribution in [0.5, 0.6) is 5.75 Å². The highest BCUT2D eigenvalue weighted by Gasteiger charge is 2.09. The minimum Gasteiger partial charge on any atom is -0.487 e. The maximum Gasteiger partial charge on any atom is 0.144 e. The number of hydrogen-bond donors (Lipinski definition) is 1. The number of ether oxygens (including phenoxy) is 1. The number of anilines is 2. The molecule has 2 aromatic rings. The minimum atomic E-state index is -0.389. The van der Waals surface area contributed by atoms with Crippen molar-refractivity contribution >= 4 is 23.0 Å². The van der Waals surface area contributed by atoms with Crippen molar-refractivity contribution in [2.75, 3.05) is 24.7 Å². The molecule has 0 aromatic heterocycles. The molecule has 0 aliphatic rings. The Morgan fingerprint density at radius 2 is 2.00 bits per heavy atom. The standard InChI is InChI=1S/C15H16ClFN2O/c1-19(2)10-6-7-14(18)15(8-10)20-9-11-12(16)4-3-5-13(11)17/h3-8H,9,18H2,1-2H3. The van der Waals surface area contributed by atoms with Crippen LogP contribution in [0.4, 0.5) is 15.8 Å². The van der Waals surface area contributed by atoms with Crippen molar-refractivity contribution in [2.45, 2.75) is 6.61 Å². The maximum absolute atomic E-state index is 13.7. The largest absolute Gasteiger partial charge is 0.487 e. The van der Waals surface area contributed by atoms with Crippen molar-refractivity contribution in [3.05, 3.63) is 52.8 Å². The third kappa shape index (κ3) is 3.14. The summed E-state index contributed by atoms with van der Waals surface area (Å²) < 4.78 is 19.3. The van der Waals surface area contributed by atoms with Gasteiger partial charge in [-0.25, -0.2) is 4.39 Å². The summed E-state index contributed by atoms with van der Waals surface area (Å²) in [7, 11) is 3.84. The van der Waals surface area contributed by atoms with Crippen molar-refractivity contribution in [3.8, 4) is 5.75 Å². The highest BCUT2D eigenvalue weighted by atomic mass is 35.5. The summed E-state index contributed by atoms with van der Waals surface area (Å²) in [6.45, 7) is 0.0343. The van der Waals surface area contributed by atoms with Crippen LogP contribution in [0.15, 0.2) is 36.4 Å². The zero-order valence-electron chi connectivity index (χ0n) is 11.4. The molecule has 2 N–H and O–H groups in total. The summed E-state index contributed by atoms with van der Waals surface area (Å²) >= 11 is 5.96. The van der Waals surface area contributed by atoms with Crippen molar-refractivity contribution in [1.82, 2.24) is 0 Å². The van der Waals surface area contributed by atoms with Gasteiger partial charge in [0.2, 0.25) is 0 Å². The van der Waals surface area contributed by atoms with E-state index in [9.17, 15) is 4.39 Å². The van der Waals surface area contributed by atoms with Crippen LogP contribution >= 0.6 is 11.6 Å². The van der Waals surface area contributed by atoms with Crippen LogP contribution in [0.1, 0.15) is 5.56 Å². The molecule has 2 aromatic carbocycles. The molecule has 0 aliphatic carbocycles. The fourth-order valence-electron chi connectivity index (χ4n) is 1.75. The van der Waals surface area contributed by atoms with Crippen molar-refractivity contribution in [3.63, 3.8) is 0 Å². The van der Waals surface area contributed by atoms with Gasteiger partial charge < -0.3 is 15.4 Å². The van der Waals surface area contributed by atoms with Gasteiger partial charge in [0.25, 0.3) is 0 Å². The number of halogens is 2. The lowest BCUT2D eigenvalue weighted by Gasteiger charge is -2.16. The first-order valence-corrected chi connectivity index (χ1v) is 6.49. The van der Waals surface area contributed by atoms with Crippen LogP contribution in [0, 0.1) is 5.82 Å². The number of hydrogen-bond acceptors (Lipinski definition) is 3. The number of nitrogens with two attached hydrogens (primary N) is 1. The van der Waals surface area contributed by atoms with Crippen molar-refractivity contribution in [2.24, 2.45) is 0 Å². The molecule has 5 heteroatoms. The maximum atomic E-state index is 13.7. The molecule has 0 spiro atoms. The Hall–Kier alpha value is -1.94. The SMILES string of the molecule is CN(C)c1ccc(N)c(OCc2c(F)cccc2Cl)c1. The van der Waals surface area contributed by atoms with E-state index < -0.39 is 0 Å². The first-order valence-electron chi connectivity index (χ1n) is 6.11. The van der Waals surface area contributed by atoms with E-state index in [1.54, 1.807) is 18.2 Å². The normalized spacial score (nSPS) is 10.4. The van der Waals surface area contributed by atoms with Gasteiger partial charge in [0.1, 0.15) is 18.2 Å². The van der Waals surface area contributed by atoms with Crippen molar-refractivity contribution in [1.29, 1.82) is 0 Å². The second-order valence-electron chi connectivity index (χ2n) is 4.61. The van der Waals surface area contributed by atoms with Crippen LogP contribution in [0.25, 0.3) is 0 Å². The average Bonchev–Trinajstić information content (AvgIpc) is 2.39. The zero-order valence-corrected chi connectivity index (χ0v) is 12.1. The molecular formula is C15H16ClFN2O. The first kappa shape index (κ1) is 14.5. The van der Waals surface area contributed by atoms with Gasteiger partial charge in [0, 0.05) is 31.4 Å². The van der Waals surface area contributed by atoms with Gasteiger partial charge in [-0.2, -0.15) is 0 Å². The first-order chi connectivity index (χ1) is 9.49. The van der Waals surface area contributed by atoms with E-state index in [2.05, 4.69) is 0 Å². The lowest BCUT2D eigenvalue weighted by molar-refractivity contribution is 0.301. The molecule has 0 saturated heterocycles. The molecule has 0 bridgehead atoms. The second kappa shape index (κ2) is 6.01. The minimum absolute atomic E-state index is 0.0343. The summed E-state index contributed by atoms with van der Waals surface area (Å²) in [5.41, 5.74) is 7.64. The number of nitrogens with zero attached hydrogens (tertiary/aromatic N) is 1. The Kier molecular flexibility index (Phi) is 4.35. The van der Waals surface area contributed by atoms with Crippen LogP contribution in [-0.2, 0) is 6.61 Å². The quantitative estimate of drug-likeness (QED) is 0.874. The Morgan fingerprint density at radius 1 is 1.25 bits per heavy atom. The highest BCUT2D eigenvalue weighted by molar-refractivity contribution is 6.31. The third-order valence-electron chi connectivity index (χ3n) is 2.95.